The number of furan rings is 1. The molecule has 2 N–H and O–H groups in total. The van der Waals surface area contributed by atoms with Crippen LogP contribution in [-0.2, 0) is 16.4 Å². The van der Waals surface area contributed by atoms with Gasteiger partial charge in [-0.2, -0.15) is 4.31 Å². The van der Waals surface area contributed by atoms with E-state index in [4.69, 9.17) is 4.42 Å². The van der Waals surface area contributed by atoms with Gasteiger partial charge in [0, 0.05) is 24.1 Å². The molecule has 2 aromatic heterocycles. The van der Waals surface area contributed by atoms with Gasteiger partial charge in [-0.25, -0.2) is 8.42 Å². The smallest absolute Gasteiger partial charge is 0.252 e. The van der Waals surface area contributed by atoms with Gasteiger partial charge in [-0.3, -0.25) is 4.79 Å². The number of hydrogen-bond acceptors (Lipinski definition) is 7. The maximum absolute atomic E-state index is 14.7. The van der Waals surface area contributed by atoms with E-state index < -0.39 is 27.1 Å². The zero-order valence-electron chi connectivity index (χ0n) is 30.1. The topological polar surface area (TPSA) is 108 Å². The quantitative estimate of drug-likeness (QED) is 0.178. The van der Waals surface area contributed by atoms with Crippen molar-refractivity contribution in [1.29, 1.82) is 0 Å². The van der Waals surface area contributed by atoms with Gasteiger partial charge in [0.15, 0.2) is 5.76 Å². The van der Waals surface area contributed by atoms with Crippen molar-refractivity contribution in [3.05, 3.63) is 88.2 Å². The first kappa shape index (κ1) is 35.5. The van der Waals surface area contributed by atoms with Crippen LogP contribution in [0.2, 0.25) is 0 Å². The van der Waals surface area contributed by atoms with Crippen molar-refractivity contribution in [2.75, 3.05) is 13.1 Å². The van der Waals surface area contributed by atoms with Gasteiger partial charge in [-0.15, -0.1) is 11.3 Å². The third kappa shape index (κ3) is 6.53. The van der Waals surface area contributed by atoms with E-state index >= 15 is 0 Å². The van der Waals surface area contributed by atoms with Gasteiger partial charge in [0.2, 0.25) is 5.78 Å². The highest BCUT2D eigenvalue weighted by atomic mass is 32.2. The molecular formula is C42H53NO6S2. The summed E-state index contributed by atoms with van der Waals surface area (Å²) in [6.45, 7) is 4.74. The molecule has 274 valence electrons. The minimum Gasteiger partial charge on any atom is -0.461 e. The molecule has 2 heterocycles. The summed E-state index contributed by atoms with van der Waals surface area (Å²) >= 11 is 1.25. The number of carbonyl (C=O) groups is 1. The lowest BCUT2D eigenvalue weighted by Crippen LogP contribution is -2.57. The van der Waals surface area contributed by atoms with Crippen LogP contribution in [0.1, 0.15) is 124 Å². The minimum atomic E-state index is -3.87. The molecule has 3 aromatic rings. The molecule has 10 rings (SSSR count). The van der Waals surface area contributed by atoms with Crippen LogP contribution in [-0.4, -0.2) is 53.5 Å². The van der Waals surface area contributed by atoms with Gasteiger partial charge in [0.05, 0.1) is 18.0 Å². The minimum absolute atomic E-state index is 0.0381. The SMILES string of the molecule is CC1=CCCC2(C)C(CCC2(O)CN(CC23CC4CC(CC(C4)C2)C3)S(=O)(=O)c2cccs2)c2ccc(cc2C(=O)c2ccco2)CC(O)CC1. The van der Waals surface area contributed by atoms with Gasteiger partial charge in [-0.1, -0.05) is 36.8 Å². The molecule has 7 aliphatic carbocycles. The normalized spacial score (nSPS) is 35.2. The lowest BCUT2D eigenvalue weighted by atomic mass is 9.49. The van der Waals surface area contributed by atoms with Crippen molar-refractivity contribution in [1.82, 2.24) is 4.31 Å². The van der Waals surface area contributed by atoms with Crippen molar-refractivity contribution in [2.24, 2.45) is 28.6 Å². The number of sulfonamides is 1. The fourth-order valence-electron chi connectivity index (χ4n) is 11.6. The second-order valence-corrected chi connectivity index (χ2v) is 20.5. The number of aliphatic hydroxyl groups is 2. The lowest BCUT2D eigenvalue weighted by Gasteiger charge is -2.58. The maximum Gasteiger partial charge on any atom is 0.252 e. The van der Waals surface area contributed by atoms with Crippen molar-refractivity contribution < 1.29 is 27.8 Å². The van der Waals surface area contributed by atoms with Crippen LogP contribution >= 0.6 is 11.3 Å². The predicted molar refractivity (Wildman–Crippen MR) is 199 cm³/mol. The van der Waals surface area contributed by atoms with Crippen molar-refractivity contribution >= 4 is 27.1 Å². The third-order valence-corrected chi connectivity index (χ3v) is 17.0. The second-order valence-electron chi connectivity index (χ2n) is 17.4. The van der Waals surface area contributed by atoms with Gasteiger partial charge < -0.3 is 14.6 Å². The summed E-state index contributed by atoms with van der Waals surface area (Å²) < 4.78 is 37.0. The average Bonchev–Trinajstić information content (AvgIpc) is 3.86. The largest absolute Gasteiger partial charge is 0.461 e. The zero-order chi connectivity index (χ0) is 35.6. The molecular weight excluding hydrogens is 679 g/mol. The van der Waals surface area contributed by atoms with Crippen molar-refractivity contribution in [2.45, 2.75) is 119 Å². The molecule has 9 heteroatoms. The first-order chi connectivity index (χ1) is 24.4. The van der Waals surface area contributed by atoms with E-state index in [1.165, 1.54) is 42.4 Å². The molecule has 6 bridgehead atoms. The lowest BCUT2D eigenvalue weighted by molar-refractivity contribution is -0.0920. The fraction of sp³-hybridized carbons (Fsp3) is 0.595. The summed E-state index contributed by atoms with van der Waals surface area (Å²) in [6, 6.07) is 12.9. The summed E-state index contributed by atoms with van der Waals surface area (Å²) in [5.74, 6) is 1.90. The van der Waals surface area contributed by atoms with Gasteiger partial charge in [0.1, 0.15) is 4.21 Å². The molecule has 0 radical (unpaired) electrons. The van der Waals surface area contributed by atoms with Gasteiger partial charge in [0.25, 0.3) is 10.0 Å². The Kier molecular flexibility index (Phi) is 9.31. The van der Waals surface area contributed by atoms with Crippen LogP contribution in [0.3, 0.4) is 0 Å². The Morgan fingerprint density at radius 3 is 2.41 bits per heavy atom. The van der Waals surface area contributed by atoms with E-state index in [1.54, 1.807) is 28.6 Å². The Balaban J connectivity index is 1.20. The van der Waals surface area contributed by atoms with Crippen LogP contribution in [0.5, 0.6) is 0 Å². The number of benzene rings is 1. The number of carbonyl (C=O) groups excluding carboxylic acids is 1. The molecule has 0 spiro atoms. The Morgan fingerprint density at radius 2 is 1.75 bits per heavy atom. The molecule has 4 atom stereocenters. The molecule has 7 nitrogen and oxygen atoms in total. The van der Waals surface area contributed by atoms with Crippen LogP contribution in [0, 0.1) is 28.6 Å². The van der Waals surface area contributed by atoms with E-state index in [0.717, 1.165) is 36.8 Å². The van der Waals surface area contributed by atoms with E-state index in [9.17, 15) is 23.4 Å². The highest BCUT2D eigenvalue weighted by Gasteiger charge is 2.59. The molecule has 1 aromatic carbocycles. The van der Waals surface area contributed by atoms with E-state index in [-0.39, 0.29) is 29.4 Å². The Hall–Kier alpha value is -2.56. The molecule has 4 unspecified atom stereocenters. The predicted octanol–water partition coefficient (Wildman–Crippen LogP) is 8.52. The van der Waals surface area contributed by atoms with Crippen molar-refractivity contribution in [3.8, 4) is 0 Å². The molecule has 7 aliphatic rings. The van der Waals surface area contributed by atoms with Gasteiger partial charge in [-0.05, 0) is 160 Å². The first-order valence-corrected chi connectivity index (χ1v) is 21.5. The monoisotopic (exact) mass is 731 g/mol. The maximum atomic E-state index is 14.7. The molecule has 0 saturated heterocycles. The van der Waals surface area contributed by atoms with E-state index in [1.807, 2.05) is 23.6 Å². The van der Waals surface area contributed by atoms with Crippen LogP contribution in [0.25, 0.3) is 0 Å². The van der Waals surface area contributed by atoms with E-state index in [2.05, 4.69) is 19.9 Å². The molecule has 0 aliphatic heterocycles. The Morgan fingerprint density at radius 1 is 1.00 bits per heavy atom. The number of rotatable bonds is 8. The summed E-state index contributed by atoms with van der Waals surface area (Å²) in [5, 5.41) is 26.0. The second kappa shape index (κ2) is 13.4. The number of allylic oxidation sites excluding steroid dienone is 2. The summed E-state index contributed by atoms with van der Waals surface area (Å²) in [6.07, 6.45) is 14.5. The van der Waals surface area contributed by atoms with Crippen molar-refractivity contribution in [3.63, 3.8) is 0 Å². The number of nitrogens with zero attached hydrogens (tertiary/aromatic N) is 1. The number of hydrogen-bond donors (Lipinski definition) is 2. The molecule has 0 amide bonds. The Labute approximate surface area is 307 Å². The number of fused-ring (bicyclic) bond motifs is 8. The highest BCUT2D eigenvalue weighted by Crippen LogP contribution is 2.62. The molecule has 5 saturated carbocycles. The van der Waals surface area contributed by atoms with Crippen LogP contribution in [0.4, 0.5) is 0 Å². The standard InChI is InChI=1S/C42H53NO6S2/c1-28-6-3-14-40(2)36(34-12-10-29(21-33(44)11-9-28)22-35(34)39(45)37-7-4-16-49-37)13-15-42(40,46)27-43(51(47,48)38-8-5-17-50-38)26-41-23-30-18-31(24-41)20-32(19-30)25-41/h4-8,10,12,16-17,22,30-33,36,44,46H,3,9,11,13-15,18-21,23-27H2,1-2H3. The summed E-state index contributed by atoms with van der Waals surface area (Å²) in [4.78, 5) is 14.1. The number of ketones is 1. The van der Waals surface area contributed by atoms with Crippen LogP contribution < -0.4 is 0 Å². The van der Waals surface area contributed by atoms with Crippen LogP contribution in [0.15, 0.2) is 74.4 Å². The number of aliphatic hydroxyl groups excluding tert-OH is 1. The molecule has 51 heavy (non-hydrogen) atoms. The third-order valence-electron chi connectivity index (χ3n) is 13.9. The molecule has 5 fully saturated rings. The summed E-state index contributed by atoms with van der Waals surface area (Å²) in [5.41, 5.74) is 1.38. The van der Waals surface area contributed by atoms with E-state index in [0.29, 0.717) is 72.6 Å². The Bertz CT molecular complexity index is 1850. The zero-order valence-corrected chi connectivity index (χ0v) is 31.7. The summed E-state index contributed by atoms with van der Waals surface area (Å²) in [7, 11) is -3.87. The highest BCUT2D eigenvalue weighted by molar-refractivity contribution is 7.91. The van der Waals surface area contributed by atoms with Gasteiger partial charge >= 0.3 is 0 Å². The average molecular weight is 732 g/mol. The first-order valence-electron chi connectivity index (χ1n) is 19.2. The number of thiophene rings is 1. The fourth-order valence-corrected chi connectivity index (χ4v) is 14.4.